The fraction of sp³-hybridized carbons (Fsp3) is 0.304. The average molecular weight is 422 g/mol. The number of nitrogen functional groups attached to an aromatic ring is 1. The second kappa shape index (κ2) is 10.4. The molecule has 1 aromatic heterocycles. The number of ether oxygens (including phenoxy) is 1. The van der Waals surface area contributed by atoms with Crippen LogP contribution in [0.4, 0.5) is 5.69 Å². The number of carbonyl (C=O) groups excluding carboxylic acids is 2. The molecule has 1 amide bonds. The summed E-state index contributed by atoms with van der Waals surface area (Å²) in [6.45, 7) is 4.95. The third-order valence-electron chi connectivity index (χ3n) is 4.85. The van der Waals surface area contributed by atoms with Crippen molar-refractivity contribution in [1.82, 2.24) is 19.9 Å². The van der Waals surface area contributed by atoms with Crippen molar-refractivity contribution in [3.05, 3.63) is 72.1 Å². The summed E-state index contributed by atoms with van der Waals surface area (Å²) >= 11 is 0. The quantitative estimate of drug-likeness (QED) is 0.512. The zero-order valence-electron chi connectivity index (χ0n) is 17.8. The zero-order chi connectivity index (χ0) is 22.2. The van der Waals surface area contributed by atoms with Crippen molar-refractivity contribution in [2.24, 2.45) is 0 Å². The van der Waals surface area contributed by atoms with Crippen molar-refractivity contribution in [3.8, 4) is 5.69 Å². The second-order valence-electron chi connectivity index (χ2n) is 6.88. The van der Waals surface area contributed by atoms with Gasteiger partial charge in [-0.05, 0) is 49.2 Å². The van der Waals surface area contributed by atoms with Crippen LogP contribution in [0.25, 0.3) is 5.69 Å². The van der Waals surface area contributed by atoms with Gasteiger partial charge >= 0.3 is 5.97 Å². The minimum absolute atomic E-state index is 0.133. The molecule has 1 atom stereocenters. The Labute approximate surface area is 181 Å². The van der Waals surface area contributed by atoms with Crippen molar-refractivity contribution in [3.63, 3.8) is 0 Å². The summed E-state index contributed by atoms with van der Waals surface area (Å²) < 4.78 is 5.63. The highest BCUT2D eigenvalue weighted by atomic mass is 16.5. The number of aromatic nitrogens is 3. The molecule has 1 saturated heterocycles. The van der Waals surface area contributed by atoms with Gasteiger partial charge in [0, 0.05) is 12.2 Å². The Morgan fingerprint density at radius 1 is 1.03 bits per heavy atom. The van der Waals surface area contributed by atoms with Gasteiger partial charge in [-0.15, -0.1) is 0 Å². The molecule has 2 heterocycles. The maximum absolute atomic E-state index is 13.2. The van der Waals surface area contributed by atoms with Crippen LogP contribution in [0.1, 0.15) is 47.4 Å². The molecular formula is C23H27N5O3. The minimum Gasteiger partial charge on any atom is -0.457 e. The van der Waals surface area contributed by atoms with Crippen LogP contribution in [0.15, 0.2) is 60.9 Å². The van der Waals surface area contributed by atoms with E-state index in [2.05, 4.69) is 10.2 Å². The van der Waals surface area contributed by atoms with Crippen molar-refractivity contribution in [2.45, 2.75) is 32.8 Å². The number of rotatable bonds is 4. The lowest BCUT2D eigenvalue weighted by Crippen LogP contribution is -2.44. The number of benzene rings is 2. The highest BCUT2D eigenvalue weighted by Crippen LogP contribution is 2.21. The molecule has 1 aliphatic heterocycles. The van der Waals surface area contributed by atoms with Gasteiger partial charge in [-0.2, -0.15) is 15.0 Å². The fourth-order valence-corrected chi connectivity index (χ4v) is 3.40. The van der Waals surface area contributed by atoms with Crippen LogP contribution in [0.5, 0.6) is 0 Å². The summed E-state index contributed by atoms with van der Waals surface area (Å²) in [6, 6.07) is 13.8. The number of piperidine rings is 1. The molecule has 0 saturated carbocycles. The number of amides is 1. The molecule has 1 unspecified atom stereocenters. The van der Waals surface area contributed by atoms with E-state index in [4.69, 9.17) is 10.5 Å². The first-order valence-electron chi connectivity index (χ1n) is 10.4. The number of likely N-dealkylation sites (tertiary alicyclic amines) is 1. The maximum atomic E-state index is 13.2. The molecule has 31 heavy (non-hydrogen) atoms. The fourth-order valence-electron chi connectivity index (χ4n) is 3.40. The Hall–Kier alpha value is -3.68. The van der Waals surface area contributed by atoms with E-state index in [1.165, 1.54) is 4.80 Å². The van der Waals surface area contributed by atoms with Crippen LogP contribution in [-0.4, -0.2) is 51.0 Å². The SMILES string of the molecule is CC.Nc1ccc(C(=O)OC2CCCN(C(=O)c3ccccc3-n3nccn3)C2)cc1. The van der Waals surface area contributed by atoms with Crippen LogP contribution < -0.4 is 5.73 Å². The summed E-state index contributed by atoms with van der Waals surface area (Å²) in [5, 5.41) is 8.25. The Morgan fingerprint density at radius 2 is 1.71 bits per heavy atom. The number of hydrogen-bond donors (Lipinski definition) is 1. The summed E-state index contributed by atoms with van der Waals surface area (Å²) in [7, 11) is 0. The van der Waals surface area contributed by atoms with Crippen molar-refractivity contribution in [2.75, 3.05) is 18.8 Å². The minimum atomic E-state index is -0.412. The standard InChI is InChI=1S/C21H21N5O3.C2H6/c22-16-9-7-15(8-10-16)21(28)29-17-4-3-13-25(14-17)20(27)18-5-1-2-6-19(18)26-23-11-12-24-26;1-2/h1-2,5-12,17H,3-4,13-14,22H2;1-2H3. The van der Waals surface area contributed by atoms with Gasteiger partial charge in [-0.3, -0.25) is 4.79 Å². The van der Waals surface area contributed by atoms with E-state index in [1.807, 2.05) is 26.0 Å². The third-order valence-corrected chi connectivity index (χ3v) is 4.85. The molecule has 3 aromatic rings. The predicted octanol–water partition coefficient (Wildman–Crippen LogP) is 3.34. The summed E-state index contributed by atoms with van der Waals surface area (Å²) in [5.74, 6) is -0.545. The number of anilines is 1. The lowest BCUT2D eigenvalue weighted by molar-refractivity contribution is 0.00720. The summed E-state index contributed by atoms with van der Waals surface area (Å²) in [6.07, 6.45) is 4.25. The van der Waals surface area contributed by atoms with Gasteiger partial charge in [0.1, 0.15) is 6.10 Å². The number of nitrogens with two attached hydrogens (primary N) is 1. The van der Waals surface area contributed by atoms with Crippen molar-refractivity contribution in [1.29, 1.82) is 0 Å². The van der Waals surface area contributed by atoms with Crippen LogP contribution in [0.3, 0.4) is 0 Å². The molecule has 8 nitrogen and oxygen atoms in total. The summed E-state index contributed by atoms with van der Waals surface area (Å²) in [4.78, 5) is 28.7. The molecule has 4 rings (SSSR count). The van der Waals surface area contributed by atoms with Gasteiger partial charge in [0.05, 0.1) is 35.8 Å². The van der Waals surface area contributed by atoms with Gasteiger partial charge in [0.15, 0.2) is 0 Å². The average Bonchev–Trinajstić information content (AvgIpc) is 3.35. The number of esters is 1. The molecule has 0 spiro atoms. The number of carbonyl (C=O) groups is 2. The Morgan fingerprint density at radius 3 is 2.42 bits per heavy atom. The summed E-state index contributed by atoms with van der Waals surface area (Å²) in [5.41, 5.74) is 7.81. The molecule has 0 radical (unpaired) electrons. The van der Waals surface area contributed by atoms with E-state index < -0.39 is 5.97 Å². The van der Waals surface area contributed by atoms with Crippen LogP contribution in [-0.2, 0) is 4.74 Å². The first-order chi connectivity index (χ1) is 15.1. The van der Waals surface area contributed by atoms with Gasteiger partial charge < -0.3 is 15.4 Å². The molecule has 8 heteroatoms. The normalized spacial score (nSPS) is 15.5. The number of para-hydroxylation sites is 1. The van der Waals surface area contributed by atoms with Gasteiger partial charge in [0.25, 0.3) is 5.91 Å². The van der Waals surface area contributed by atoms with Gasteiger partial charge in [-0.25, -0.2) is 4.79 Å². The Kier molecular flexibility index (Phi) is 7.37. The van der Waals surface area contributed by atoms with Gasteiger partial charge in [-0.1, -0.05) is 26.0 Å². The monoisotopic (exact) mass is 421 g/mol. The molecule has 2 N–H and O–H groups in total. The van der Waals surface area contributed by atoms with Crippen LogP contribution >= 0.6 is 0 Å². The molecule has 2 aromatic carbocycles. The third kappa shape index (κ3) is 5.28. The van der Waals surface area contributed by atoms with E-state index in [1.54, 1.807) is 53.7 Å². The molecule has 0 bridgehead atoms. The second-order valence-corrected chi connectivity index (χ2v) is 6.88. The van der Waals surface area contributed by atoms with Crippen molar-refractivity contribution < 1.29 is 14.3 Å². The highest BCUT2D eigenvalue weighted by Gasteiger charge is 2.28. The molecule has 0 aliphatic carbocycles. The lowest BCUT2D eigenvalue weighted by atomic mass is 10.1. The van der Waals surface area contributed by atoms with Crippen LogP contribution in [0.2, 0.25) is 0 Å². The van der Waals surface area contributed by atoms with Crippen molar-refractivity contribution >= 4 is 17.6 Å². The molecule has 1 fully saturated rings. The van der Waals surface area contributed by atoms with E-state index in [0.717, 1.165) is 6.42 Å². The smallest absolute Gasteiger partial charge is 0.338 e. The predicted molar refractivity (Wildman–Crippen MR) is 118 cm³/mol. The largest absolute Gasteiger partial charge is 0.457 e. The number of hydrogen-bond acceptors (Lipinski definition) is 6. The first-order valence-corrected chi connectivity index (χ1v) is 10.4. The van der Waals surface area contributed by atoms with E-state index in [0.29, 0.717) is 42.0 Å². The van der Waals surface area contributed by atoms with E-state index in [9.17, 15) is 9.59 Å². The molecular weight excluding hydrogens is 394 g/mol. The zero-order valence-corrected chi connectivity index (χ0v) is 17.8. The van der Waals surface area contributed by atoms with Crippen LogP contribution in [0, 0.1) is 0 Å². The molecule has 162 valence electrons. The lowest BCUT2D eigenvalue weighted by Gasteiger charge is -2.32. The first kappa shape index (κ1) is 22.0. The van der Waals surface area contributed by atoms with E-state index in [-0.39, 0.29) is 12.0 Å². The Bertz CT molecular complexity index is 1000. The van der Waals surface area contributed by atoms with E-state index >= 15 is 0 Å². The molecule has 1 aliphatic rings. The highest BCUT2D eigenvalue weighted by molar-refractivity contribution is 5.97. The maximum Gasteiger partial charge on any atom is 0.338 e. The number of nitrogens with zero attached hydrogens (tertiary/aromatic N) is 4. The Balaban J connectivity index is 0.00000132. The van der Waals surface area contributed by atoms with Gasteiger partial charge in [0.2, 0.25) is 0 Å². The topological polar surface area (TPSA) is 103 Å².